The predicted octanol–water partition coefficient (Wildman–Crippen LogP) is -2.86. The third-order valence-electron chi connectivity index (χ3n) is 19.5. The second-order valence-electron chi connectivity index (χ2n) is 23.5. The van der Waals surface area contributed by atoms with Crippen molar-refractivity contribution in [3.8, 4) is 0 Å². The van der Waals surface area contributed by atoms with Crippen molar-refractivity contribution in [1.82, 2.24) is 0 Å². The number of ether oxygens (including phenoxy) is 6. The molecule has 3 heterocycles. The number of rotatable bonds is 15. The summed E-state index contributed by atoms with van der Waals surface area (Å²) < 4.78 is 36.0. The Morgan fingerprint density at radius 3 is 1.91 bits per heavy atom. The molecule has 0 aromatic heterocycles. The molecule has 8 rings (SSSR count). The smallest absolute Gasteiger partial charge is 0.187 e. The first-order valence-corrected chi connectivity index (χ1v) is 24.8. The Morgan fingerprint density at radius 2 is 1.30 bits per heavy atom. The quantitative estimate of drug-likeness (QED) is 0.0734. The summed E-state index contributed by atoms with van der Waals surface area (Å²) in [5.74, 6) is -1.20. The molecule has 5 saturated carbocycles. The first kappa shape index (κ1) is 53.9. The van der Waals surface area contributed by atoms with Crippen LogP contribution in [-0.2, 0) is 38.0 Å². The van der Waals surface area contributed by atoms with Crippen LogP contribution in [0.4, 0.5) is 0 Å². The van der Waals surface area contributed by atoms with Gasteiger partial charge in [0.15, 0.2) is 24.7 Å². The van der Waals surface area contributed by atoms with Crippen molar-refractivity contribution >= 4 is 11.6 Å². The molecule has 2 spiro atoms. The van der Waals surface area contributed by atoms with Gasteiger partial charge in [0.1, 0.15) is 84.6 Å². The van der Waals surface area contributed by atoms with Crippen LogP contribution >= 0.6 is 0 Å². The van der Waals surface area contributed by atoms with Crippen LogP contribution in [0.25, 0.3) is 0 Å². The van der Waals surface area contributed by atoms with Crippen LogP contribution in [0, 0.1) is 50.7 Å². The Labute approximate surface area is 401 Å². The van der Waals surface area contributed by atoms with Crippen molar-refractivity contribution in [3.05, 3.63) is 0 Å². The normalized spacial score (nSPS) is 52.7. The van der Waals surface area contributed by atoms with E-state index in [1.165, 1.54) is 6.92 Å². The van der Waals surface area contributed by atoms with Gasteiger partial charge in [0, 0.05) is 18.8 Å². The van der Waals surface area contributed by atoms with Gasteiger partial charge in [-0.15, -0.1) is 0 Å². The van der Waals surface area contributed by atoms with Crippen LogP contribution in [-0.4, -0.2) is 214 Å². The molecule has 13 N–H and O–H groups in total. The molecule has 5 aliphatic carbocycles. The molecule has 0 amide bonds. The minimum Gasteiger partial charge on any atom is -0.394 e. The van der Waals surface area contributed by atoms with Gasteiger partial charge in [0.2, 0.25) is 0 Å². The largest absolute Gasteiger partial charge is 0.394 e. The number of carbonyl (C=O) groups is 2. The summed E-state index contributed by atoms with van der Waals surface area (Å²) >= 11 is 0. The lowest BCUT2D eigenvalue weighted by Crippen LogP contribution is -2.66. The molecule has 1 unspecified atom stereocenters. The monoisotopic (exact) mass is 991 g/mol. The average Bonchev–Trinajstić information content (AvgIpc) is 3.90. The fourth-order valence-corrected chi connectivity index (χ4v) is 15.5. The summed E-state index contributed by atoms with van der Waals surface area (Å²) in [5, 5.41) is 138. The fraction of sp³-hybridized carbons (Fsp3) is 0.958. The van der Waals surface area contributed by atoms with E-state index in [9.17, 15) is 76.0 Å². The molecule has 0 aromatic rings. The highest BCUT2D eigenvalue weighted by molar-refractivity contribution is 5.88. The number of carbonyl (C=O) groups excluding carboxylic acids is 2. The number of hydrogen-bond acceptors (Lipinski definition) is 21. The van der Waals surface area contributed by atoms with E-state index in [1.54, 1.807) is 0 Å². The topological polar surface area (TPSA) is 353 Å². The summed E-state index contributed by atoms with van der Waals surface area (Å²) in [6.07, 6.45) is -21.8. The Morgan fingerprint density at radius 1 is 0.725 bits per heavy atom. The van der Waals surface area contributed by atoms with Gasteiger partial charge in [-0.05, 0) is 96.7 Å². The summed E-state index contributed by atoms with van der Waals surface area (Å²) in [6.45, 7) is 8.91. The Kier molecular flexibility index (Phi) is 14.9. The number of Topliss-reactive ketones (excluding diaryl/α,β-unsaturated/α-hetero) is 2. The van der Waals surface area contributed by atoms with Gasteiger partial charge in [-0.2, -0.15) is 0 Å². The molecule has 0 bridgehead atoms. The summed E-state index contributed by atoms with van der Waals surface area (Å²) in [4.78, 5) is 27.0. The van der Waals surface area contributed by atoms with Crippen molar-refractivity contribution in [3.63, 3.8) is 0 Å². The highest BCUT2D eigenvalue weighted by atomic mass is 16.8. The maximum absolute atomic E-state index is 14.3. The molecular weight excluding hydrogens is 913 g/mol. The second kappa shape index (κ2) is 19.1. The van der Waals surface area contributed by atoms with Gasteiger partial charge in [-0.25, -0.2) is 0 Å². The van der Waals surface area contributed by atoms with Crippen LogP contribution in [0.1, 0.15) is 99.3 Å². The van der Waals surface area contributed by atoms with Crippen LogP contribution in [0.5, 0.6) is 0 Å². The molecule has 396 valence electrons. The Bertz CT molecular complexity index is 1860. The lowest BCUT2D eigenvalue weighted by atomic mass is 9.41. The van der Waals surface area contributed by atoms with Crippen LogP contribution in [0.3, 0.4) is 0 Å². The molecule has 0 radical (unpaired) electrons. The first-order chi connectivity index (χ1) is 32.2. The maximum Gasteiger partial charge on any atom is 0.187 e. The minimum atomic E-state index is -1.89. The zero-order valence-corrected chi connectivity index (χ0v) is 40.4. The number of aliphatic hydroxyl groups is 13. The zero-order chi connectivity index (χ0) is 50.7. The molecule has 8 aliphatic rings. The van der Waals surface area contributed by atoms with Crippen molar-refractivity contribution in [1.29, 1.82) is 0 Å². The highest BCUT2D eigenvalue weighted by Gasteiger charge is 2.84. The molecule has 69 heavy (non-hydrogen) atoms. The number of ketones is 2. The summed E-state index contributed by atoms with van der Waals surface area (Å²) in [7, 11) is 0. The average molecular weight is 991 g/mol. The maximum atomic E-state index is 14.3. The number of aliphatic hydroxyl groups excluding tert-OH is 12. The molecule has 3 aliphatic heterocycles. The van der Waals surface area contributed by atoms with E-state index >= 15 is 0 Å². The van der Waals surface area contributed by atoms with Gasteiger partial charge in [0.25, 0.3) is 0 Å². The predicted molar refractivity (Wildman–Crippen MR) is 234 cm³/mol. The first-order valence-electron chi connectivity index (χ1n) is 24.8. The van der Waals surface area contributed by atoms with Crippen molar-refractivity contribution in [2.24, 2.45) is 50.7 Å². The minimum absolute atomic E-state index is 0.0209. The summed E-state index contributed by atoms with van der Waals surface area (Å²) in [6, 6.07) is 0. The van der Waals surface area contributed by atoms with E-state index < -0.39 is 158 Å². The van der Waals surface area contributed by atoms with Gasteiger partial charge >= 0.3 is 0 Å². The Balaban J connectivity index is 1.02. The Hall–Kier alpha value is -1.42. The van der Waals surface area contributed by atoms with E-state index in [0.717, 1.165) is 19.3 Å². The third-order valence-corrected chi connectivity index (χ3v) is 19.5. The molecule has 8 fully saturated rings. The van der Waals surface area contributed by atoms with E-state index in [2.05, 4.69) is 13.8 Å². The van der Waals surface area contributed by atoms with Crippen LogP contribution in [0.15, 0.2) is 0 Å². The van der Waals surface area contributed by atoms with Crippen LogP contribution < -0.4 is 0 Å². The van der Waals surface area contributed by atoms with Crippen molar-refractivity contribution in [2.75, 3.05) is 26.4 Å². The van der Waals surface area contributed by atoms with Crippen molar-refractivity contribution < 1.29 is 104 Å². The van der Waals surface area contributed by atoms with Gasteiger partial charge < -0.3 is 94.8 Å². The van der Waals surface area contributed by atoms with E-state index in [-0.39, 0.29) is 46.7 Å². The van der Waals surface area contributed by atoms with Gasteiger partial charge in [-0.3, -0.25) is 9.59 Å². The number of hydrogen-bond donors (Lipinski definition) is 13. The molecule has 26 atom stereocenters. The fourth-order valence-electron chi connectivity index (χ4n) is 15.5. The van der Waals surface area contributed by atoms with E-state index in [0.29, 0.717) is 32.1 Å². The molecule has 21 nitrogen and oxygen atoms in total. The van der Waals surface area contributed by atoms with Crippen LogP contribution in [0.2, 0.25) is 0 Å². The molecule has 0 aromatic carbocycles. The van der Waals surface area contributed by atoms with Gasteiger partial charge in [0.05, 0.1) is 38.6 Å². The van der Waals surface area contributed by atoms with Crippen molar-refractivity contribution in [2.45, 2.75) is 209 Å². The molecule has 3 saturated heterocycles. The van der Waals surface area contributed by atoms with Gasteiger partial charge in [-0.1, -0.05) is 34.6 Å². The van der Waals surface area contributed by atoms with E-state index in [1.807, 2.05) is 20.8 Å². The molecule has 21 heteroatoms. The second-order valence-corrected chi connectivity index (χ2v) is 23.5. The lowest BCUT2D eigenvalue weighted by Gasteiger charge is -2.64. The SMILES string of the molecule is C[C@H](CCC(=O)C(C)(O)CO)[C@H]1C(=O)C[C@@]2(C)[C@@H]3[C@@H](O)C[C@H]4C(C)(C)[C@@H](O[C@@H]5O[C@H](CO[C@@H]6O[C@H](CO)[C@@H](O)[C@H](O)[C@H]6O)[C@@H](O)[C@H](O)[C@H]5O[C@@H]5O[C@H](CO)[C@@H](O)[C@H](O)[C@H]5O)CC[C@@]45C[C@@]35CC[C@]12C. The number of fused-ring (bicyclic) bond motifs is 2. The lowest BCUT2D eigenvalue weighted by molar-refractivity contribution is -0.382. The summed E-state index contributed by atoms with van der Waals surface area (Å²) in [5.41, 5.74) is -4.06. The highest BCUT2D eigenvalue weighted by Crippen LogP contribution is 2.89. The third kappa shape index (κ3) is 8.42. The zero-order valence-electron chi connectivity index (χ0n) is 40.4. The standard InChI is InChI=1S/C48H78O21/c1-20(7-8-27(54)46(6,63)19-51)29-22(53)14-45(5)39-21(52)13-26-43(2,3)28(9-10-47(26)18-48(39,47)12-11-44(29,45)4)68-42-38(69-41-37(62)34(59)31(56)24(16-50)66-41)35(60)32(57)25(67-42)17-64-40-36(61)33(58)30(55)23(15-49)65-40/h20-21,23-26,28-42,49-52,55-63H,7-19H2,1-6H3/t20-,21+,23-,24-,25-,26+,28+,29+,30-,31-,32-,33+,34+,35+,36-,37-,38-,39+,40-,41+,42+,44-,45+,46?,47-,48+/m1/s1. The van der Waals surface area contributed by atoms with E-state index in [4.69, 9.17) is 28.4 Å². The molecular formula is C48H78O21.